The van der Waals surface area contributed by atoms with Crippen LogP contribution in [-0.2, 0) is 33.3 Å². The van der Waals surface area contributed by atoms with Gasteiger partial charge in [-0.2, -0.15) is 0 Å². The summed E-state index contributed by atoms with van der Waals surface area (Å²) in [6.07, 6.45) is -3.46. The van der Waals surface area contributed by atoms with Gasteiger partial charge < -0.3 is 24.1 Å². The zero-order chi connectivity index (χ0) is 31.1. The molecule has 0 aliphatic heterocycles. The van der Waals surface area contributed by atoms with Crippen molar-refractivity contribution < 1.29 is 43.2 Å². The van der Waals surface area contributed by atoms with Gasteiger partial charge in [-0.1, -0.05) is 45.5 Å². The van der Waals surface area contributed by atoms with Crippen LogP contribution in [0.4, 0.5) is 0 Å². The predicted octanol–water partition coefficient (Wildman–Crippen LogP) is 4.72. The molecule has 9 heteroatoms. The van der Waals surface area contributed by atoms with E-state index < -0.39 is 77.1 Å². The molecule has 9 nitrogen and oxygen atoms in total. The van der Waals surface area contributed by atoms with Gasteiger partial charge in [0.15, 0.2) is 6.10 Å². The second-order valence-electron chi connectivity index (χ2n) is 12.7. The molecule has 1 N–H and O–H groups in total. The maximum atomic E-state index is 13.3. The molecule has 0 saturated heterocycles. The topological polar surface area (TPSA) is 125 Å². The molecule has 228 valence electrons. The molecule has 42 heavy (non-hydrogen) atoms. The number of hydrogen-bond acceptors (Lipinski definition) is 9. The van der Waals surface area contributed by atoms with Crippen molar-refractivity contribution in [1.82, 2.24) is 0 Å². The van der Waals surface area contributed by atoms with Crippen LogP contribution in [0.2, 0.25) is 0 Å². The molecule has 0 heterocycles. The predicted molar refractivity (Wildman–Crippen MR) is 153 cm³/mol. The highest BCUT2D eigenvalue weighted by atomic mass is 16.6. The maximum Gasteiger partial charge on any atom is 0.338 e. The number of aliphatic hydroxyl groups excluding tert-OH is 1. The van der Waals surface area contributed by atoms with Crippen LogP contribution >= 0.6 is 0 Å². The van der Waals surface area contributed by atoms with Crippen LogP contribution in [0.1, 0.15) is 78.1 Å². The fourth-order valence-electron chi connectivity index (χ4n) is 7.70. The molecule has 0 aromatic heterocycles. The highest BCUT2D eigenvalue weighted by molar-refractivity contribution is 5.89. The second kappa shape index (κ2) is 11.7. The van der Waals surface area contributed by atoms with Gasteiger partial charge in [0.2, 0.25) is 0 Å². The molecule has 4 rings (SSSR count). The molecule has 0 radical (unpaired) electrons. The smallest absolute Gasteiger partial charge is 0.338 e. The van der Waals surface area contributed by atoms with Crippen molar-refractivity contribution in [3.8, 4) is 0 Å². The third kappa shape index (κ3) is 5.63. The standard InChI is InChI=1S/C33H42O9/c1-17-24(37)14-15-33(8)27(17)28(39-19(3)34)23-16-25(42-31(38)22-12-10-9-11-13-22)18(2)26(32(23,6)7)29(40-20(4)35)30(33)41-21(5)36/h9-13,23-25,27-30,37H,1,14-16H2,2-8H3. The van der Waals surface area contributed by atoms with E-state index in [0.29, 0.717) is 41.5 Å². The molecule has 1 aromatic rings. The quantitative estimate of drug-likeness (QED) is 0.298. The first kappa shape index (κ1) is 31.5. The molecule has 0 amide bonds. The van der Waals surface area contributed by atoms with E-state index in [1.807, 2.05) is 27.7 Å². The van der Waals surface area contributed by atoms with Crippen LogP contribution in [0, 0.1) is 22.7 Å². The Labute approximate surface area is 247 Å². The maximum absolute atomic E-state index is 13.3. The lowest BCUT2D eigenvalue weighted by Gasteiger charge is -2.60. The van der Waals surface area contributed by atoms with E-state index in [-0.39, 0.29) is 0 Å². The van der Waals surface area contributed by atoms with Crippen LogP contribution < -0.4 is 0 Å². The van der Waals surface area contributed by atoms with Gasteiger partial charge in [0, 0.05) is 38.0 Å². The molecule has 0 spiro atoms. The van der Waals surface area contributed by atoms with Gasteiger partial charge in [0.05, 0.1) is 11.7 Å². The first-order chi connectivity index (χ1) is 19.6. The molecule has 8 atom stereocenters. The molecular formula is C33H42O9. The Morgan fingerprint density at radius 2 is 1.50 bits per heavy atom. The molecule has 1 aromatic carbocycles. The summed E-state index contributed by atoms with van der Waals surface area (Å²) in [5.74, 6) is -3.30. The van der Waals surface area contributed by atoms with Gasteiger partial charge >= 0.3 is 23.9 Å². The van der Waals surface area contributed by atoms with E-state index in [1.165, 1.54) is 20.8 Å². The number of aliphatic hydroxyl groups is 1. The summed E-state index contributed by atoms with van der Waals surface area (Å²) >= 11 is 0. The number of hydrogen-bond donors (Lipinski definition) is 1. The van der Waals surface area contributed by atoms with Crippen molar-refractivity contribution in [3.63, 3.8) is 0 Å². The monoisotopic (exact) mass is 582 g/mol. The van der Waals surface area contributed by atoms with Crippen LogP contribution in [0.15, 0.2) is 53.6 Å². The summed E-state index contributed by atoms with van der Waals surface area (Å²) < 4.78 is 24.3. The average Bonchev–Trinajstić information content (AvgIpc) is 2.89. The fraction of sp³-hybridized carbons (Fsp3) is 0.576. The van der Waals surface area contributed by atoms with Crippen LogP contribution in [0.25, 0.3) is 0 Å². The summed E-state index contributed by atoms with van der Waals surface area (Å²) in [6.45, 7) is 15.8. The van der Waals surface area contributed by atoms with E-state index in [2.05, 4.69) is 6.58 Å². The summed E-state index contributed by atoms with van der Waals surface area (Å²) in [5, 5.41) is 11.0. The van der Waals surface area contributed by atoms with Crippen LogP contribution in [-0.4, -0.2) is 59.5 Å². The normalized spacial score (nSPS) is 33.8. The van der Waals surface area contributed by atoms with Gasteiger partial charge in [-0.05, 0) is 60.5 Å². The van der Waals surface area contributed by atoms with Crippen molar-refractivity contribution in [3.05, 3.63) is 59.2 Å². The number of ether oxygens (including phenoxy) is 4. The van der Waals surface area contributed by atoms with Gasteiger partial charge in [0.25, 0.3) is 0 Å². The first-order valence-corrected chi connectivity index (χ1v) is 14.4. The highest BCUT2D eigenvalue weighted by Gasteiger charge is 2.64. The summed E-state index contributed by atoms with van der Waals surface area (Å²) in [6, 6.07) is 8.61. The van der Waals surface area contributed by atoms with E-state index in [0.717, 1.165) is 0 Å². The minimum Gasteiger partial charge on any atom is -0.462 e. The summed E-state index contributed by atoms with van der Waals surface area (Å²) in [5.41, 5.74) is 0.444. The van der Waals surface area contributed by atoms with Crippen LogP contribution in [0.3, 0.4) is 0 Å². The van der Waals surface area contributed by atoms with E-state index in [9.17, 15) is 24.3 Å². The largest absolute Gasteiger partial charge is 0.462 e. The molecule has 2 bridgehead atoms. The third-order valence-corrected chi connectivity index (χ3v) is 9.57. The minimum atomic E-state index is -1.03. The number of carbonyl (C=O) groups is 4. The Hall–Kier alpha value is -3.46. The molecule has 8 unspecified atom stereocenters. The average molecular weight is 583 g/mol. The number of rotatable bonds is 5. The number of fused-ring (bicyclic) bond motifs is 3. The van der Waals surface area contributed by atoms with E-state index in [4.69, 9.17) is 18.9 Å². The van der Waals surface area contributed by atoms with Gasteiger partial charge in [-0.15, -0.1) is 0 Å². The van der Waals surface area contributed by atoms with Crippen molar-refractivity contribution in [2.24, 2.45) is 22.7 Å². The summed E-state index contributed by atoms with van der Waals surface area (Å²) in [7, 11) is 0. The first-order valence-electron chi connectivity index (χ1n) is 14.4. The number of carbonyl (C=O) groups excluding carboxylic acids is 4. The van der Waals surface area contributed by atoms with Crippen molar-refractivity contribution >= 4 is 23.9 Å². The van der Waals surface area contributed by atoms with Crippen molar-refractivity contribution in [2.45, 2.75) is 98.2 Å². The Kier molecular flexibility index (Phi) is 8.74. The lowest BCUT2D eigenvalue weighted by molar-refractivity contribution is -0.203. The molecular weight excluding hydrogens is 540 g/mol. The molecule has 3 aliphatic rings. The zero-order valence-corrected chi connectivity index (χ0v) is 25.5. The number of benzene rings is 1. The molecule has 3 aliphatic carbocycles. The lowest BCUT2D eigenvalue weighted by atomic mass is 9.49. The summed E-state index contributed by atoms with van der Waals surface area (Å²) in [4.78, 5) is 51.2. The van der Waals surface area contributed by atoms with E-state index >= 15 is 0 Å². The number of esters is 4. The highest BCUT2D eigenvalue weighted by Crippen LogP contribution is 2.61. The second-order valence-corrected chi connectivity index (χ2v) is 12.7. The van der Waals surface area contributed by atoms with E-state index in [1.54, 1.807) is 30.3 Å². The zero-order valence-electron chi connectivity index (χ0n) is 25.5. The van der Waals surface area contributed by atoms with Gasteiger partial charge in [-0.25, -0.2) is 4.79 Å². The Morgan fingerprint density at radius 3 is 2.07 bits per heavy atom. The lowest BCUT2D eigenvalue weighted by Crippen LogP contribution is -2.64. The van der Waals surface area contributed by atoms with Gasteiger partial charge in [0.1, 0.15) is 18.3 Å². The Bertz CT molecular complexity index is 1300. The van der Waals surface area contributed by atoms with Gasteiger partial charge in [-0.3, -0.25) is 14.4 Å². The Balaban J connectivity index is 2.00. The fourth-order valence-corrected chi connectivity index (χ4v) is 7.70. The third-order valence-electron chi connectivity index (χ3n) is 9.57. The van der Waals surface area contributed by atoms with Crippen LogP contribution in [0.5, 0.6) is 0 Å². The Morgan fingerprint density at radius 1 is 0.905 bits per heavy atom. The molecule has 2 saturated carbocycles. The van der Waals surface area contributed by atoms with Crippen molar-refractivity contribution in [1.29, 1.82) is 0 Å². The SMILES string of the molecule is C=C1C(O)CCC2(C)C(OC(C)=O)C(OC(C)=O)C3=C(C)C(OC(=O)c4ccccc4)CC(C(OC(C)=O)C12)C3(C)C. The minimum absolute atomic E-state index is 0.305. The van der Waals surface area contributed by atoms with Crippen molar-refractivity contribution in [2.75, 3.05) is 0 Å². The molecule has 2 fully saturated rings.